The van der Waals surface area contributed by atoms with Gasteiger partial charge in [0.2, 0.25) is 0 Å². The molecule has 4 aromatic rings. The third kappa shape index (κ3) is 5.74. The van der Waals surface area contributed by atoms with Gasteiger partial charge in [-0.05, 0) is 61.1 Å². The second kappa shape index (κ2) is 11.1. The van der Waals surface area contributed by atoms with Gasteiger partial charge in [-0.3, -0.25) is 9.58 Å². The number of pyridine rings is 1. The first kappa shape index (κ1) is 23.6. The van der Waals surface area contributed by atoms with Gasteiger partial charge in [0.25, 0.3) is 0 Å². The number of hydrogen-bond donors (Lipinski definition) is 2. The predicted octanol–water partition coefficient (Wildman–Crippen LogP) is 5.62. The predicted molar refractivity (Wildman–Crippen MR) is 144 cm³/mol. The summed E-state index contributed by atoms with van der Waals surface area (Å²) in [5, 5.41) is 11.0. The van der Waals surface area contributed by atoms with E-state index in [-0.39, 0.29) is 12.1 Å². The monoisotopic (exact) mass is 480 g/mol. The number of anilines is 2. The maximum absolute atomic E-state index is 13.5. The van der Waals surface area contributed by atoms with E-state index in [1.165, 1.54) is 0 Å². The van der Waals surface area contributed by atoms with Crippen LogP contribution in [0.4, 0.5) is 16.3 Å². The van der Waals surface area contributed by atoms with Gasteiger partial charge in [0.05, 0.1) is 6.20 Å². The standard InChI is InChI=1S/C29H32N6O/c1-34-21-24(20-32-34)23-10-14-26(15-11-23)35(29(36)31-19-22-7-3-2-4-8-22)27-16-12-25(13-17-27)33-28-9-5-6-18-30-28/h2-11,14-15,18,20-21,25,27H,12-13,16-17,19H2,1H3,(H,30,33)(H,31,36). The van der Waals surface area contributed by atoms with E-state index in [1.807, 2.05) is 91.2 Å². The summed E-state index contributed by atoms with van der Waals surface area (Å²) in [6, 6.07) is 24.6. The molecule has 0 saturated heterocycles. The van der Waals surface area contributed by atoms with Crippen molar-refractivity contribution < 1.29 is 4.79 Å². The first-order valence-corrected chi connectivity index (χ1v) is 12.5. The van der Waals surface area contributed by atoms with E-state index in [4.69, 9.17) is 0 Å². The second-order valence-corrected chi connectivity index (χ2v) is 9.33. The topological polar surface area (TPSA) is 75.1 Å². The number of hydrogen-bond acceptors (Lipinski definition) is 4. The number of nitrogens with one attached hydrogen (secondary N) is 2. The lowest BCUT2D eigenvalue weighted by Gasteiger charge is -2.37. The summed E-state index contributed by atoms with van der Waals surface area (Å²) < 4.78 is 1.80. The highest BCUT2D eigenvalue weighted by atomic mass is 16.2. The Morgan fingerprint density at radius 2 is 1.69 bits per heavy atom. The highest BCUT2D eigenvalue weighted by Crippen LogP contribution is 2.31. The Morgan fingerprint density at radius 1 is 0.944 bits per heavy atom. The van der Waals surface area contributed by atoms with Gasteiger partial charge in [-0.15, -0.1) is 0 Å². The molecule has 0 atom stereocenters. The summed E-state index contributed by atoms with van der Waals surface area (Å²) in [7, 11) is 1.91. The molecule has 36 heavy (non-hydrogen) atoms. The van der Waals surface area contributed by atoms with Crippen molar-refractivity contribution in [3.8, 4) is 11.1 Å². The number of carbonyl (C=O) groups is 1. The Morgan fingerprint density at radius 3 is 2.36 bits per heavy atom. The van der Waals surface area contributed by atoms with E-state index in [0.717, 1.165) is 53.9 Å². The molecule has 0 unspecified atom stereocenters. The lowest BCUT2D eigenvalue weighted by molar-refractivity contribution is 0.240. The fourth-order valence-corrected chi connectivity index (χ4v) is 4.87. The molecule has 0 radical (unpaired) electrons. The minimum Gasteiger partial charge on any atom is -0.367 e. The van der Waals surface area contributed by atoms with Crippen LogP contribution in [0.15, 0.2) is 91.4 Å². The molecular formula is C29H32N6O. The van der Waals surface area contributed by atoms with Crippen LogP contribution >= 0.6 is 0 Å². The van der Waals surface area contributed by atoms with Crippen molar-refractivity contribution in [1.29, 1.82) is 0 Å². The van der Waals surface area contributed by atoms with Crippen molar-refractivity contribution in [3.63, 3.8) is 0 Å². The Kier molecular flexibility index (Phi) is 7.26. The minimum atomic E-state index is -0.0610. The Labute approximate surface area is 212 Å². The molecule has 1 fully saturated rings. The minimum absolute atomic E-state index is 0.0610. The molecule has 0 bridgehead atoms. The number of rotatable bonds is 7. The van der Waals surface area contributed by atoms with Crippen molar-refractivity contribution in [3.05, 3.63) is 97.0 Å². The van der Waals surface area contributed by atoms with Crippen LogP contribution in [0.3, 0.4) is 0 Å². The molecule has 2 amide bonds. The average molecular weight is 481 g/mol. The second-order valence-electron chi connectivity index (χ2n) is 9.33. The third-order valence-corrected chi connectivity index (χ3v) is 6.77. The van der Waals surface area contributed by atoms with Crippen molar-refractivity contribution >= 4 is 17.5 Å². The summed E-state index contributed by atoms with van der Waals surface area (Å²) in [4.78, 5) is 19.9. The molecule has 2 heterocycles. The van der Waals surface area contributed by atoms with E-state index >= 15 is 0 Å². The SMILES string of the molecule is Cn1cc(-c2ccc(N(C(=O)NCc3ccccc3)C3CCC(Nc4ccccn4)CC3)cc2)cn1. The zero-order valence-corrected chi connectivity index (χ0v) is 20.5. The van der Waals surface area contributed by atoms with Gasteiger partial charge in [-0.2, -0.15) is 5.10 Å². The van der Waals surface area contributed by atoms with Gasteiger partial charge >= 0.3 is 6.03 Å². The van der Waals surface area contributed by atoms with Crippen molar-refractivity contribution in [2.45, 2.75) is 44.3 Å². The molecule has 1 aliphatic rings. The first-order valence-electron chi connectivity index (χ1n) is 12.5. The van der Waals surface area contributed by atoms with E-state index in [9.17, 15) is 4.79 Å². The number of carbonyl (C=O) groups excluding carboxylic acids is 1. The van der Waals surface area contributed by atoms with Crippen LogP contribution in [0, 0.1) is 0 Å². The molecule has 7 nitrogen and oxygen atoms in total. The lowest BCUT2D eigenvalue weighted by Crippen LogP contribution is -2.48. The highest BCUT2D eigenvalue weighted by Gasteiger charge is 2.30. The van der Waals surface area contributed by atoms with Crippen molar-refractivity contribution in [2.24, 2.45) is 7.05 Å². The molecule has 1 saturated carbocycles. The molecule has 2 N–H and O–H groups in total. The fourth-order valence-electron chi connectivity index (χ4n) is 4.87. The third-order valence-electron chi connectivity index (χ3n) is 6.77. The number of nitrogens with zero attached hydrogens (tertiary/aromatic N) is 4. The Bertz CT molecular complexity index is 1250. The summed E-state index contributed by atoms with van der Waals surface area (Å²) in [5.74, 6) is 0.907. The molecule has 5 rings (SSSR count). The zero-order valence-electron chi connectivity index (χ0n) is 20.5. The molecule has 0 spiro atoms. The van der Waals surface area contributed by atoms with E-state index in [0.29, 0.717) is 12.6 Å². The van der Waals surface area contributed by atoms with Gasteiger partial charge in [0.15, 0.2) is 0 Å². The van der Waals surface area contributed by atoms with Gasteiger partial charge in [-0.1, -0.05) is 48.5 Å². The Balaban J connectivity index is 1.31. The van der Waals surface area contributed by atoms with Crippen LogP contribution in [0.2, 0.25) is 0 Å². The van der Waals surface area contributed by atoms with Gasteiger partial charge in [-0.25, -0.2) is 9.78 Å². The highest BCUT2D eigenvalue weighted by molar-refractivity contribution is 5.93. The van der Waals surface area contributed by atoms with Gasteiger partial charge < -0.3 is 10.6 Å². The normalized spacial score (nSPS) is 17.4. The summed E-state index contributed by atoms with van der Waals surface area (Å²) >= 11 is 0. The molecular weight excluding hydrogens is 448 g/mol. The van der Waals surface area contributed by atoms with Crippen LogP contribution in [0.1, 0.15) is 31.2 Å². The number of aromatic nitrogens is 3. The smallest absolute Gasteiger partial charge is 0.322 e. The first-order chi connectivity index (χ1) is 17.7. The molecule has 2 aromatic heterocycles. The number of benzene rings is 2. The van der Waals surface area contributed by atoms with Crippen molar-refractivity contribution in [1.82, 2.24) is 20.1 Å². The van der Waals surface area contributed by atoms with Crippen LogP contribution in [-0.4, -0.2) is 32.9 Å². The number of amides is 2. The van der Waals surface area contributed by atoms with Crippen LogP contribution in [-0.2, 0) is 13.6 Å². The number of urea groups is 1. The molecule has 7 heteroatoms. The van der Waals surface area contributed by atoms with E-state index < -0.39 is 0 Å². The quantitative estimate of drug-likeness (QED) is 0.360. The fraction of sp³-hybridized carbons (Fsp3) is 0.276. The van der Waals surface area contributed by atoms with E-state index in [1.54, 1.807) is 4.68 Å². The molecule has 2 aromatic carbocycles. The summed E-state index contributed by atoms with van der Waals surface area (Å²) in [5.41, 5.74) is 4.14. The maximum atomic E-state index is 13.5. The van der Waals surface area contributed by atoms with Crippen molar-refractivity contribution in [2.75, 3.05) is 10.2 Å². The van der Waals surface area contributed by atoms with E-state index in [2.05, 4.69) is 32.8 Å². The average Bonchev–Trinajstić information content (AvgIpc) is 3.36. The molecule has 0 aliphatic heterocycles. The van der Waals surface area contributed by atoms with Crippen LogP contribution < -0.4 is 15.5 Å². The van der Waals surface area contributed by atoms with Crippen LogP contribution in [0.5, 0.6) is 0 Å². The molecule has 1 aliphatic carbocycles. The zero-order chi connectivity index (χ0) is 24.7. The van der Waals surface area contributed by atoms with Gasteiger partial charge in [0.1, 0.15) is 5.82 Å². The maximum Gasteiger partial charge on any atom is 0.322 e. The molecule has 184 valence electrons. The largest absolute Gasteiger partial charge is 0.367 e. The lowest BCUT2D eigenvalue weighted by atomic mass is 9.89. The Hall–Kier alpha value is -4.13. The van der Waals surface area contributed by atoms with Crippen LogP contribution in [0.25, 0.3) is 11.1 Å². The number of aryl methyl sites for hydroxylation is 1. The summed E-state index contributed by atoms with van der Waals surface area (Å²) in [6.45, 7) is 0.501. The summed E-state index contributed by atoms with van der Waals surface area (Å²) in [6.07, 6.45) is 9.47. The van der Waals surface area contributed by atoms with Gasteiger partial charge in [0, 0.05) is 49.3 Å².